The molecular weight excluding hydrogens is 440 g/mol. The first-order chi connectivity index (χ1) is 12.2. The molecule has 0 bridgehead atoms. The standard InChI is InChI=1S/C21H16Br2N2/c22-16-11-9-15(10-12-16)20-13-14-24-25(20)21-8-4-2-6-18(21)17-5-1-3-7-19(17)23/h1-14,20,24H. The Labute approximate surface area is 164 Å². The molecule has 0 amide bonds. The lowest BCUT2D eigenvalue weighted by Crippen LogP contribution is -2.32. The lowest BCUT2D eigenvalue weighted by molar-refractivity contribution is 0.719. The van der Waals surface area contributed by atoms with E-state index in [2.05, 4.69) is 115 Å². The Bertz CT molecular complexity index is 919. The number of para-hydroxylation sites is 1. The molecule has 25 heavy (non-hydrogen) atoms. The van der Waals surface area contributed by atoms with Crippen molar-refractivity contribution in [1.82, 2.24) is 5.43 Å². The highest BCUT2D eigenvalue weighted by Gasteiger charge is 2.24. The summed E-state index contributed by atoms with van der Waals surface area (Å²) in [6, 6.07) is 25.4. The van der Waals surface area contributed by atoms with E-state index >= 15 is 0 Å². The zero-order valence-corrected chi connectivity index (χ0v) is 16.5. The van der Waals surface area contributed by atoms with Crippen LogP contribution in [0.25, 0.3) is 11.1 Å². The average Bonchev–Trinajstić information content (AvgIpc) is 3.12. The minimum Gasteiger partial charge on any atom is -0.305 e. The van der Waals surface area contributed by atoms with Gasteiger partial charge in [0.15, 0.2) is 0 Å². The molecule has 0 aromatic heterocycles. The molecule has 1 atom stereocenters. The van der Waals surface area contributed by atoms with Gasteiger partial charge in [-0.2, -0.15) is 0 Å². The van der Waals surface area contributed by atoms with Gasteiger partial charge in [0.25, 0.3) is 0 Å². The second kappa shape index (κ2) is 7.06. The Kier molecular flexibility index (Phi) is 4.64. The highest BCUT2D eigenvalue weighted by molar-refractivity contribution is 9.10. The molecule has 3 aromatic rings. The normalized spacial score (nSPS) is 16.1. The van der Waals surface area contributed by atoms with Crippen LogP contribution in [0.4, 0.5) is 5.69 Å². The highest BCUT2D eigenvalue weighted by atomic mass is 79.9. The maximum atomic E-state index is 3.68. The van der Waals surface area contributed by atoms with Gasteiger partial charge >= 0.3 is 0 Å². The molecule has 1 N–H and O–H groups in total. The summed E-state index contributed by atoms with van der Waals surface area (Å²) in [5.41, 5.74) is 8.15. The monoisotopic (exact) mass is 454 g/mol. The van der Waals surface area contributed by atoms with Crippen LogP contribution in [0, 0.1) is 0 Å². The zero-order valence-electron chi connectivity index (χ0n) is 13.4. The Morgan fingerprint density at radius 3 is 2.20 bits per heavy atom. The maximum absolute atomic E-state index is 3.68. The van der Waals surface area contributed by atoms with Crippen molar-refractivity contribution in [2.75, 3.05) is 5.01 Å². The summed E-state index contributed by atoms with van der Waals surface area (Å²) in [5, 5.41) is 2.21. The number of halogens is 2. The second-order valence-corrected chi connectivity index (χ2v) is 7.62. The summed E-state index contributed by atoms with van der Waals surface area (Å²) in [4.78, 5) is 0. The summed E-state index contributed by atoms with van der Waals surface area (Å²) in [7, 11) is 0. The molecule has 124 valence electrons. The van der Waals surface area contributed by atoms with Crippen LogP contribution in [0.15, 0.2) is 94.0 Å². The Hall–Kier alpha value is -2.04. The summed E-state index contributed by atoms with van der Waals surface area (Å²) in [6.07, 6.45) is 4.18. The molecule has 1 aliphatic heterocycles. The molecule has 0 spiro atoms. The largest absolute Gasteiger partial charge is 0.305 e. The lowest BCUT2D eigenvalue weighted by Gasteiger charge is -2.29. The summed E-state index contributed by atoms with van der Waals surface area (Å²) in [6.45, 7) is 0. The predicted octanol–water partition coefficient (Wildman–Crippen LogP) is 6.46. The molecule has 0 aliphatic carbocycles. The van der Waals surface area contributed by atoms with Crippen LogP contribution in [0.3, 0.4) is 0 Å². The maximum Gasteiger partial charge on any atom is 0.0952 e. The van der Waals surface area contributed by atoms with Crippen molar-refractivity contribution in [3.05, 3.63) is 99.6 Å². The third-order valence-corrected chi connectivity index (χ3v) is 5.53. The third kappa shape index (κ3) is 3.24. The molecule has 0 fully saturated rings. The fraction of sp³-hybridized carbons (Fsp3) is 0.0476. The number of hydrazine groups is 1. The van der Waals surface area contributed by atoms with E-state index in [0.29, 0.717) is 0 Å². The molecule has 1 aliphatic rings. The summed E-state index contributed by atoms with van der Waals surface area (Å²) in [5.74, 6) is 0. The fourth-order valence-corrected chi connectivity index (χ4v) is 3.87. The second-order valence-electron chi connectivity index (χ2n) is 5.85. The quantitative estimate of drug-likeness (QED) is 0.487. The third-order valence-electron chi connectivity index (χ3n) is 4.31. The van der Waals surface area contributed by atoms with Gasteiger partial charge in [0, 0.05) is 20.7 Å². The highest BCUT2D eigenvalue weighted by Crippen LogP contribution is 2.39. The first kappa shape index (κ1) is 16.4. The van der Waals surface area contributed by atoms with Gasteiger partial charge in [-0.1, -0.05) is 80.4 Å². The van der Waals surface area contributed by atoms with Gasteiger partial charge in [-0.05, 0) is 41.5 Å². The summed E-state index contributed by atoms with van der Waals surface area (Å²) >= 11 is 7.20. The predicted molar refractivity (Wildman–Crippen MR) is 111 cm³/mol. The number of benzene rings is 3. The van der Waals surface area contributed by atoms with E-state index in [0.717, 1.165) is 14.6 Å². The van der Waals surface area contributed by atoms with Crippen molar-refractivity contribution in [3.63, 3.8) is 0 Å². The van der Waals surface area contributed by atoms with Crippen molar-refractivity contribution >= 4 is 37.5 Å². The number of rotatable bonds is 3. The Morgan fingerprint density at radius 2 is 1.44 bits per heavy atom. The lowest BCUT2D eigenvalue weighted by atomic mass is 10.0. The number of hydrogen-bond acceptors (Lipinski definition) is 2. The van der Waals surface area contributed by atoms with Crippen LogP contribution in [0.2, 0.25) is 0 Å². The topological polar surface area (TPSA) is 15.3 Å². The molecule has 4 heteroatoms. The van der Waals surface area contributed by atoms with Crippen LogP contribution >= 0.6 is 31.9 Å². The van der Waals surface area contributed by atoms with E-state index in [1.165, 1.54) is 16.7 Å². The minimum absolute atomic E-state index is 0.150. The van der Waals surface area contributed by atoms with Gasteiger partial charge < -0.3 is 5.43 Å². The van der Waals surface area contributed by atoms with Crippen molar-refractivity contribution in [3.8, 4) is 11.1 Å². The van der Waals surface area contributed by atoms with Gasteiger partial charge in [0.2, 0.25) is 0 Å². The molecule has 0 saturated heterocycles. The van der Waals surface area contributed by atoms with E-state index in [4.69, 9.17) is 0 Å². The Morgan fingerprint density at radius 1 is 0.760 bits per heavy atom. The average molecular weight is 456 g/mol. The molecular formula is C21H16Br2N2. The van der Waals surface area contributed by atoms with Gasteiger partial charge in [0.1, 0.15) is 0 Å². The molecule has 4 rings (SSSR count). The molecule has 0 saturated carbocycles. The summed E-state index contributed by atoms with van der Waals surface area (Å²) < 4.78 is 2.18. The van der Waals surface area contributed by atoms with E-state index in [9.17, 15) is 0 Å². The molecule has 1 heterocycles. The van der Waals surface area contributed by atoms with Gasteiger partial charge in [-0.25, -0.2) is 0 Å². The number of nitrogens with one attached hydrogen (secondary N) is 1. The number of anilines is 1. The van der Waals surface area contributed by atoms with Crippen LogP contribution in [0.1, 0.15) is 11.6 Å². The molecule has 0 radical (unpaired) electrons. The van der Waals surface area contributed by atoms with Crippen molar-refractivity contribution in [1.29, 1.82) is 0 Å². The first-order valence-corrected chi connectivity index (χ1v) is 9.64. The number of nitrogens with zero attached hydrogens (tertiary/aromatic N) is 1. The fourth-order valence-electron chi connectivity index (χ4n) is 3.11. The first-order valence-electron chi connectivity index (χ1n) is 8.05. The van der Waals surface area contributed by atoms with Gasteiger partial charge in [0.05, 0.1) is 11.7 Å². The number of hydrogen-bond donors (Lipinski definition) is 1. The zero-order chi connectivity index (χ0) is 17.2. The molecule has 2 nitrogen and oxygen atoms in total. The van der Waals surface area contributed by atoms with Crippen molar-refractivity contribution in [2.45, 2.75) is 6.04 Å². The van der Waals surface area contributed by atoms with E-state index < -0.39 is 0 Å². The van der Waals surface area contributed by atoms with Crippen LogP contribution in [-0.2, 0) is 0 Å². The Balaban J connectivity index is 1.77. The van der Waals surface area contributed by atoms with E-state index in [1.54, 1.807) is 0 Å². The van der Waals surface area contributed by atoms with Crippen LogP contribution in [-0.4, -0.2) is 0 Å². The van der Waals surface area contributed by atoms with Gasteiger partial charge in [-0.15, -0.1) is 0 Å². The smallest absolute Gasteiger partial charge is 0.0952 e. The molecule has 3 aromatic carbocycles. The minimum atomic E-state index is 0.150. The van der Waals surface area contributed by atoms with E-state index in [-0.39, 0.29) is 6.04 Å². The van der Waals surface area contributed by atoms with Crippen LogP contribution < -0.4 is 10.4 Å². The van der Waals surface area contributed by atoms with Gasteiger partial charge in [-0.3, -0.25) is 5.01 Å². The van der Waals surface area contributed by atoms with Crippen molar-refractivity contribution in [2.24, 2.45) is 0 Å². The SMILES string of the molecule is Brc1ccc(C2C=CNN2c2ccccc2-c2ccccc2Br)cc1. The van der Waals surface area contributed by atoms with E-state index in [1.807, 2.05) is 12.3 Å². The molecule has 1 unspecified atom stereocenters. The van der Waals surface area contributed by atoms with Crippen molar-refractivity contribution < 1.29 is 0 Å². The van der Waals surface area contributed by atoms with Crippen LogP contribution in [0.5, 0.6) is 0 Å².